The number of nitrogens with two attached hydrogens (primary N) is 3. The van der Waals surface area contributed by atoms with E-state index in [9.17, 15) is 0 Å². The van der Waals surface area contributed by atoms with Crippen molar-refractivity contribution in [1.29, 1.82) is 0 Å². The van der Waals surface area contributed by atoms with E-state index in [1.165, 1.54) is 0 Å². The largest absolute Gasteiger partial charge is 0.324 e. The molecule has 0 amide bonds. The first kappa shape index (κ1) is 7.47. The molecule has 0 fully saturated rings. The van der Waals surface area contributed by atoms with E-state index in [1.807, 2.05) is 6.08 Å². The minimum atomic E-state index is -0.846. The summed E-state index contributed by atoms with van der Waals surface area (Å²) in [7, 11) is 0. The van der Waals surface area contributed by atoms with Gasteiger partial charge in [-0.05, 0) is 12.5 Å². The first-order valence-corrected chi connectivity index (χ1v) is 3.23. The van der Waals surface area contributed by atoms with E-state index in [-0.39, 0.29) is 6.04 Å². The standard InChI is InChI=1S/C7H13N3/c1-5-2-3-7(9,10)6(8)4-5/h2-3,6H,1,4,8-10H2. The molecule has 1 aliphatic rings. The Labute approximate surface area is 60.6 Å². The average molecular weight is 139 g/mol. The van der Waals surface area contributed by atoms with Crippen LogP contribution in [-0.4, -0.2) is 11.7 Å². The van der Waals surface area contributed by atoms with E-state index in [1.54, 1.807) is 6.08 Å². The van der Waals surface area contributed by atoms with E-state index in [2.05, 4.69) is 6.58 Å². The molecule has 1 atom stereocenters. The summed E-state index contributed by atoms with van der Waals surface area (Å²) < 4.78 is 0. The molecular formula is C7H13N3. The molecule has 1 rings (SSSR count). The Kier molecular flexibility index (Phi) is 1.64. The second kappa shape index (κ2) is 2.20. The molecule has 0 saturated carbocycles. The molecule has 6 N–H and O–H groups in total. The van der Waals surface area contributed by atoms with Gasteiger partial charge in [-0.3, -0.25) is 0 Å². The third kappa shape index (κ3) is 1.26. The highest BCUT2D eigenvalue weighted by atomic mass is 15.0. The first-order valence-electron chi connectivity index (χ1n) is 3.23. The summed E-state index contributed by atoms with van der Waals surface area (Å²) in [5.74, 6) is 0. The molecule has 1 unspecified atom stereocenters. The van der Waals surface area contributed by atoms with Gasteiger partial charge in [0.25, 0.3) is 0 Å². The maximum Gasteiger partial charge on any atom is 0.0990 e. The fourth-order valence-corrected chi connectivity index (χ4v) is 0.913. The molecule has 0 aromatic heterocycles. The lowest BCUT2D eigenvalue weighted by atomic mass is 9.90. The highest BCUT2D eigenvalue weighted by Crippen LogP contribution is 2.16. The van der Waals surface area contributed by atoms with Gasteiger partial charge in [-0.2, -0.15) is 0 Å². The number of hydrogen-bond acceptors (Lipinski definition) is 3. The smallest absolute Gasteiger partial charge is 0.0990 e. The lowest BCUT2D eigenvalue weighted by Gasteiger charge is -2.31. The van der Waals surface area contributed by atoms with Crippen LogP contribution in [0.5, 0.6) is 0 Å². The zero-order chi connectivity index (χ0) is 7.78. The van der Waals surface area contributed by atoms with E-state index in [0.717, 1.165) is 5.57 Å². The van der Waals surface area contributed by atoms with Gasteiger partial charge in [-0.15, -0.1) is 0 Å². The molecular weight excluding hydrogens is 126 g/mol. The highest BCUT2D eigenvalue weighted by molar-refractivity contribution is 5.27. The van der Waals surface area contributed by atoms with E-state index >= 15 is 0 Å². The van der Waals surface area contributed by atoms with Gasteiger partial charge in [0, 0.05) is 6.04 Å². The van der Waals surface area contributed by atoms with Crippen molar-refractivity contribution in [3.05, 3.63) is 24.3 Å². The minimum Gasteiger partial charge on any atom is -0.324 e. The van der Waals surface area contributed by atoms with Gasteiger partial charge in [0.15, 0.2) is 0 Å². The molecule has 0 heterocycles. The van der Waals surface area contributed by atoms with E-state index in [4.69, 9.17) is 17.2 Å². The molecule has 0 spiro atoms. The zero-order valence-corrected chi connectivity index (χ0v) is 5.88. The normalized spacial score (nSPS) is 30.7. The highest BCUT2D eigenvalue weighted by Gasteiger charge is 2.27. The van der Waals surface area contributed by atoms with Gasteiger partial charge in [0.05, 0.1) is 5.66 Å². The Morgan fingerprint density at radius 2 is 2.20 bits per heavy atom. The maximum atomic E-state index is 5.64. The summed E-state index contributed by atoms with van der Waals surface area (Å²) in [5, 5.41) is 0. The predicted octanol–water partition coefficient (Wildman–Crippen LogP) is -0.556. The third-order valence-corrected chi connectivity index (χ3v) is 1.73. The van der Waals surface area contributed by atoms with Crippen LogP contribution in [0, 0.1) is 0 Å². The zero-order valence-electron chi connectivity index (χ0n) is 5.88. The SMILES string of the molecule is C=C1C=CC(N)(N)C(N)C1. The van der Waals surface area contributed by atoms with Crippen LogP contribution in [0.25, 0.3) is 0 Å². The van der Waals surface area contributed by atoms with E-state index in [0.29, 0.717) is 6.42 Å². The molecule has 10 heavy (non-hydrogen) atoms. The van der Waals surface area contributed by atoms with Crippen molar-refractivity contribution in [1.82, 2.24) is 0 Å². The quantitative estimate of drug-likeness (QED) is 0.394. The van der Waals surface area contributed by atoms with Crippen LogP contribution in [0.1, 0.15) is 6.42 Å². The molecule has 3 nitrogen and oxygen atoms in total. The summed E-state index contributed by atoms with van der Waals surface area (Å²) in [5.41, 5.74) is 17.0. The van der Waals surface area contributed by atoms with Crippen LogP contribution in [-0.2, 0) is 0 Å². The van der Waals surface area contributed by atoms with Crippen molar-refractivity contribution in [2.75, 3.05) is 0 Å². The van der Waals surface area contributed by atoms with Crippen molar-refractivity contribution in [3.8, 4) is 0 Å². The van der Waals surface area contributed by atoms with Crippen molar-refractivity contribution in [2.24, 2.45) is 17.2 Å². The summed E-state index contributed by atoms with van der Waals surface area (Å²) in [6, 6.07) is -0.204. The van der Waals surface area contributed by atoms with Gasteiger partial charge in [0.2, 0.25) is 0 Å². The predicted molar refractivity (Wildman–Crippen MR) is 42.0 cm³/mol. The van der Waals surface area contributed by atoms with E-state index < -0.39 is 5.66 Å². The molecule has 0 radical (unpaired) electrons. The van der Waals surface area contributed by atoms with Gasteiger partial charge < -0.3 is 17.2 Å². The first-order chi connectivity index (χ1) is 4.52. The topological polar surface area (TPSA) is 78.1 Å². The molecule has 0 aliphatic heterocycles. The summed E-state index contributed by atoms with van der Waals surface area (Å²) >= 11 is 0. The van der Waals surface area contributed by atoms with Gasteiger partial charge in [-0.25, -0.2) is 0 Å². The summed E-state index contributed by atoms with van der Waals surface area (Å²) in [6.45, 7) is 3.75. The van der Waals surface area contributed by atoms with Gasteiger partial charge >= 0.3 is 0 Å². The Balaban J connectivity index is 2.82. The molecule has 56 valence electrons. The van der Waals surface area contributed by atoms with Crippen LogP contribution in [0.2, 0.25) is 0 Å². The molecule has 0 saturated heterocycles. The number of hydrogen-bond donors (Lipinski definition) is 3. The molecule has 1 aliphatic carbocycles. The fourth-order valence-electron chi connectivity index (χ4n) is 0.913. The second-order valence-corrected chi connectivity index (χ2v) is 2.80. The average Bonchev–Trinajstić information content (AvgIpc) is 1.81. The second-order valence-electron chi connectivity index (χ2n) is 2.80. The van der Waals surface area contributed by atoms with Crippen LogP contribution < -0.4 is 17.2 Å². The Morgan fingerprint density at radius 1 is 1.60 bits per heavy atom. The third-order valence-electron chi connectivity index (χ3n) is 1.73. The van der Waals surface area contributed by atoms with Gasteiger partial charge in [0.1, 0.15) is 0 Å². The lowest BCUT2D eigenvalue weighted by molar-refractivity contribution is 0.422. The fraction of sp³-hybridized carbons (Fsp3) is 0.429. The molecule has 0 bridgehead atoms. The number of allylic oxidation sites excluding steroid dienone is 1. The summed E-state index contributed by atoms with van der Waals surface area (Å²) in [4.78, 5) is 0. The Bertz CT molecular complexity index is 181. The van der Waals surface area contributed by atoms with Crippen molar-refractivity contribution < 1.29 is 0 Å². The minimum absolute atomic E-state index is 0.204. The monoisotopic (exact) mass is 139 g/mol. The van der Waals surface area contributed by atoms with Crippen molar-refractivity contribution >= 4 is 0 Å². The molecule has 0 aromatic carbocycles. The van der Waals surface area contributed by atoms with Crippen LogP contribution >= 0.6 is 0 Å². The lowest BCUT2D eigenvalue weighted by Crippen LogP contribution is -2.62. The Morgan fingerprint density at radius 3 is 2.60 bits per heavy atom. The van der Waals surface area contributed by atoms with Crippen LogP contribution in [0.4, 0.5) is 0 Å². The van der Waals surface area contributed by atoms with Crippen molar-refractivity contribution in [2.45, 2.75) is 18.1 Å². The molecule has 3 heteroatoms. The van der Waals surface area contributed by atoms with Crippen molar-refractivity contribution in [3.63, 3.8) is 0 Å². The Hall–Kier alpha value is -0.640. The van der Waals surface area contributed by atoms with Crippen LogP contribution in [0.15, 0.2) is 24.3 Å². The summed E-state index contributed by atoms with van der Waals surface area (Å²) in [6.07, 6.45) is 4.20. The molecule has 0 aromatic rings. The van der Waals surface area contributed by atoms with Crippen LogP contribution in [0.3, 0.4) is 0 Å². The maximum absolute atomic E-state index is 5.64. The number of rotatable bonds is 0. The van der Waals surface area contributed by atoms with Gasteiger partial charge in [-0.1, -0.05) is 18.2 Å².